The molecule has 0 saturated heterocycles. The fourth-order valence-electron chi connectivity index (χ4n) is 2.11. The van der Waals surface area contributed by atoms with Crippen LogP contribution in [0.25, 0.3) is 21.8 Å². The third-order valence-electron chi connectivity index (χ3n) is 3.04. The van der Waals surface area contributed by atoms with Gasteiger partial charge in [-0.05, 0) is 41.5 Å². The number of halogens is 2. The number of nitrogens with zero attached hydrogens (tertiary/aromatic N) is 1. The van der Waals surface area contributed by atoms with Gasteiger partial charge in [0, 0.05) is 21.4 Å². The van der Waals surface area contributed by atoms with Gasteiger partial charge in [0.05, 0.1) is 11.0 Å². The molecular weight excluding hydrogens is 354 g/mol. The minimum atomic E-state index is 0.877. The summed E-state index contributed by atoms with van der Waals surface area (Å²) in [7, 11) is 0. The van der Waals surface area contributed by atoms with Crippen LogP contribution in [0.15, 0.2) is 42.5 Å². The molecule has 0 N–H and O–H groups in total. The van der Waals surface area contributed by atoms with E-state index in [0.29, 0.717) is 0 Å². The van der Waals surface area contributed by atoms with Crippen molar-refractivity contribution in [3.05, 3.63) is 53.6 Å². The molecular formula is C15H11Br2N. The maximum atomic E-state index is 4.70. The lowest BCUT2D eigenvalue weighted by atomic mass is 10.1. The SMILES string of the molecule is BrCc1ccc2nc3ccc(CBr)cc3cc2c1. The predicted octanol–water partition coefficient (Wildman–Crippen LogP) is 5.18. The average molecular weight is 365 g/mol. The van der Waals surface area contributed by atoms with Crippen LogP contribution in [0.4, 0.5) is 0 Å². The Morgan fingerprint density at radius 1 is 0.722 bits per heavy atom. The topological polar surface area (TPSA) is 12.9 Å². The second kappa shape index (κ2) is 4.98. The molecule has 1 nitrogen and oxygen atoms in total. The first-order chi connectivity index (χ1) is 8.80. The van der Waals surface area contributed by atoms with Gasteiger partial charge < -0.3 is 0 Å². The molecule has 0 unspecified atom stereocenters. The maximum absolute atomic E-state index is 4.70. The molecule has 3 aromatic rings. The summed E-state index contributed by atoms with van der Waals surface area (Å²) in [6, 6.07) is 15.0. The van der Waals surface area contributed by atoms with Gasteiger partial charge in [0.25, 0.3) is 0 Å². The first-order valence-corrected chi connectivity index (χ1v) is 7.99. The number of pyridine rings is 1. The van der Waals surface area contributed by atoms with Crippen LogP contribution in [0.5, 0.6) is 0 Å². The highest BCUT2D eigenvalue weighted by molar-refractivity contribution is 9.08. The van der Waals surface area contributed by atoms with E-state index in [1.165, 1.54) is 21.9 Å². The number of aromatic nitrogens is 1. The third kappa shape index (κ3) is 2.17. The molecule has 1 aromatic heterocycles. The highest BCUT2D eigenvalue weighted by Gasteiger charge is 2.02. The Kier molecular flexibility index (Phi) is 3.35. The molecule has 90 valence electrons. The molecule has 0 amide bonds. The van der Waals surface area contributed by atoms with Gasteiger partial charge in [-0.25, -0.2) is 4.98 Å². The lowest BCUT2D eigenvalue weighted by Crippen LogP contribution is -1.86. The van der Waals surface area contributed by atoms with Crippen LogP contribution >= 0.6 is 31.9 Å². The van der Waals surface area contributed by atoms with Crippen molar-refractivity contribution in [3.8, 4) is 0 Å². The van der Waals surface area contributed by atoms with Crippen LogP contribution in [0.2, 0.25) is 0 Å². The second-order valence-corrected chi connectivity index (χ2v) is 5.43. The fourth-order valence-corrected chi connectivity index (χ4v) is 2.80. The zero-order valence-electron chi connectivity index (χ0n) is 9.66. The molecule has 3 rings (SSSR count). The van der Waals surface area contributed by atoms with Gasteiger partial charge in [-0.15, -0.1) is 0 Å². The van der Waals surface area contributed by atoms with Crippen molar-refractivity contribution in [3.63, 3.8) is 0 Å². The van der Waals surface area contributed by atoms with Crippen LogP contribution in [0.1, 0.15) is 11.1 Å². The molecule has 1 heterocycles. The minimum absolute atomic E-state index is 0.877. The minimum Gasteiger partial charge on any atom is -0.248 e. The van der Waals surface area contributed by atoms with Crippen molar-refractivity contribution in [1.29, 1.82) is 0 Å². The number of hydrogen-bond donors (Lipinski definition) is 0. The summed E-state index contributed by atoms with van der Waals surface area (Å²) in [6.07, 6.45) is 0. The summed E-state index contributed by atoms with van der Waals surface area (Å²) in [5.74, 6) is 0. The van der Waals surface area contributed by atoms with Gasteiger partial charge in [0.2, 0.25) is 0 Å². The van der Waals surface area contributed by atoms with Gasteiger partial charge >= 0.3 is 0 Å². The Bertz CT molecular complexity index is 663. The molecule has 2 aromatic carbocycles. The number of hydrogen-bond acceptors (Lipinski definition) is 1. The van der Waals surface area contributed by atoms with E-state index in [1.807, 2.05) is 0 Å². The molecule has 0 spiro atoms. The summed E-state index contributed by atoms with van der Waals surface area (Å²) < 4.78 is 0. The number of alkyl halides is 2. The molecule has 0 fully saturated rings. The largest absolute Gasteiger partial charge is 0.248 e. The first kappa shape index (κ1) is 12.1. The standard InChI is InChI=1S/C15H11Br2N/c16-8-10-1-3-14-12(5-10)7-13-6-11(9-17)2-4-15(13)18-14/h1-7H,8-9H2. The summed E-state index contributed by atoms with van der Waals surface area (Å²) in [6.45, 7) is 0. The van der Waals surface area contributed by atoms with Crippen molar-refractivity contribution < 1.29 is 0 Å². The van der Waals surface area contributed by atoms with Crippen LogP contribution in [0.3, 0.4) is 0 Å². The van der Waals surface area contributed by atoms with Crippen molar-refractivity contribution in [1.82, 2.24) is 4.98 Å². The lowest BCUT2D eigenvalue weighted by molar-refractivity contribution is 1.41. The Morgan fingerprint density at radius 2 is 1.22 bits per heavy atom. The predicted molar refractivity (Wildman–Crippen MR) is 84.5 cm³/mol. The van der Waals surface area contributed by atoms with E-state index in [-0.39, 0.29) is 0 Å². The van der Waals surface area contributed by atoms with Gasteiger partial charge in [-0.3, -0.25) is 0 Å². The zero-order valence-corrected chi connectivity index (χ0v) is 12.8. The Labute approximate surface area is 122 Å². The van der Waals surface area contributed by atoms with Crippen LogP contribution < -0.4 is 0 Å². The molecule has 18 heavy (non-hydrogen) atoms. The molecule has 0 radical (unpaired) electrons. The van der Waals surface area contributed by atoms with Crippen molar-refractivity contribution in [2.24, 2.45) is 0 Å². The van der Waals surface area contributed by atoms with E-state index in [0.717, 1.165) is 21.7 Å². The molecule has 3 heteroatoms. The highest BCUT2D eigenvalue weighted by Crippen LogP contribution is 2.23. The normalized spacial score (nSPS) is 11.2. The second-order valence-electron chi connectivity index (χ2n) is 4.31. The summed E-state index contributed by atoms with van der Waals surface area (Å²) in [4.78, 5) is 4.70. The monoisotopic (exact) mass is 363 g/mol. The smallest absolute Gasteiger partial charge is 0.0709 e. The maximum Gasteiger partial charge on any atom is 0.0709 e. The lowest BCUT2D eigenvalue weighted by Gasteiger charge is -2.04. The third-order valence-corrected chi connectivity index (χ3v) is 4.34. The summed E-state index contributed by atoms with van der Waals surface area (Å²) in [5.41, 5.74) is 4.66. The Morgan fingerprint density at radius 3 is 1.67 bits per heavy atom. The Hall–Kier alpha value is -0.930. The van der Waals surface area contributed by atoms with E-state index in [4.69, 9.17) is 4.98 Å². The van der Waals surface area contributed by atoms with E-state index >= 15 is 0 Å². The molecule has 0 aliphatic heterocycles. The number of benzene rings is 2. The van der Waals surface area contributed by atoms with Gasteiger partial charge in [-0.1, -0.05) is 44.0 Å². The van der Waals surface area contributed by atoms with Crippen LogP contribution in [-0.2, 0) is 10.7 Å². The molecule has 0 aliphatic carbocycles. The molecule has 0 atom stereocenters. The first-order valence-electron chi connectivity index (χ1n) is 5.74. The number of fused-ring (bicyclic) bond motifs is 2. The fraction of sp³-hybridized carbons (Fsp3) is 0.133. The molecule has 0 bridgehead atoms. The molecule has 0 saturated carbocycles. The van der Waals surface area contributed by atoms with Gasteiger partial charge in [0.1, 0.15) is 0 Å². The van der Waals surface area contributed by atoms with Crippen molar-refractivity contribution >= 4 is 53.7 Å². The summed E-state index contributed by atoms with van der Waals surface area (Å²) in [5, 5.41) is 4.16. The van der Waals surface area contributed by atoms with Crippen molar-refractivity contribution in [2.75, 3.05) is 0 Å². The average Bonchev–Trinajstić information content (AvgIpc) is 2.43. The van der Waals surface area contributed by atoms with Crippen LogP contribution in [0, 0.1) is 0 Å². The van der Waals surface area contributed by atoms with E-state index in [9.17, 15) is 0 Å². The van der Waals surface area contributed by atoms with E-state index in [2.05, 4.69) is 74.3 Å². The molecule has 0 aliphatic rings. The Balaban J connectivity index is 2.29. The quantitative estimate of drug-likeness (QED) is 0.451. The highest BCUT2D eigenvalue weighted by atomic mass is 79.9. The van der Waals surface area contributed by atoms with Crippen LogP contribution in [-0.4, -0.2) is 4.98 Å². The van der Waals surface area contributed by atoms with Gasteiger partial charge in [0.15, 0.2) is 0 Å². The van der Waals surface area contributed by atoms with Crippen molar-refractivity contribution in [2.45, 2.75) is 10.7 Å². The summed E-state index contributed by atoms with van der Waals surface area (Å²) >= 11 is 6.98. The van der Waals surface area contributed by atoms with E-state index < -0.39 is 0 Å². The number of rotatable bonds is 2. The zero-order chi connectivity index (χ0) is 12.5. The van der Waals surface area contributed by atoms with Gasteiger partial charge in [-0.2, -0.15) is 0 Å². The van der Waals surface area contributed by atoms with E-state index in [1.54, 1.807) is 0 Å².